The van der Waals surface area contributed by atoms with Crippen LogP contribution >= 0.6 is 0 Å². The minimum Gasteiger partial charge on any atom is -0.435 e. The van der Waals surface area contributed by atoms with Crippen LogP contribution in [0.3, 0.4) is 0 Å². The highest BCUT2D eigenvalue weighted by Crippen LogP contribution is 2.39. The summed E-state index contributed by atoms with van der Waals surface area (Å²) in [6, 6.07) is 0. The van der Waals surface area contributed by atoms with Gasteiger partial charge in [0.05, 0.1) is 6.61 Å². The van der Waals surface area contributed by atoms with Gasteiger partial charge in [0.15, 0.2) is 5.78 Å². The monoisotopic (exact) mass is 280 g/mol. The molecule has 0 aromatic rings. The van der Waals surface area contributed by atoms with Crippen molar-refractivity contribution in [1.29, 1.82) is 0 Å². The van der Waals surface area contributed by atoms with Crippen molar-refractivity contribution in [2.75, 3.05) is 6.61 Å². The van der Waals surface area contributed by atoms with E-state index in [4.69, 9.17) is 9.47 Å². The van der Waals surface area contributed by atoms with Crippen molar-refractivity contribution < 1.29 is 19.1 Å². The predicted octanol–water partition coefficient (Wildman–Crippen LogP) is 3.81. The van der Waals surface area contributed by atoms with Crippen LogP contribution in [0.1, 0.15) is 47.5 Å². The molecule has 0 aromatic heterocycles. The van der Waals surface area contributed by atoms with Crippen molar-refractivity contribution in [3.8, 4) is 0 Å². The molecule has 0 aliphatic heterocycles. The lowest BCUT2D eigenvalue weighted by atomic mass is 9.72. The summed E-state index contributed by atoms with van der Waals surface area (Å²) in [7, 11) is 0. The summed E-state index contributed by atoms with van der Waals surface area (Å²) in [6.45, 7) is 9.90. The molecule has 1 atom stereocenters. The second kappa shape index (κ2) is 6.73. The Hall–Kier alpha value is -1.58. The number of ketones is 1. The fourth-order valence-electron chi connectivity index (χ4n) is 2.33. The largest absolute Gasteiger partial charge is 0.508 e. The van der Waals surface area contributed by atoms with Crippen molar-refractivity contribution >= 4 is 11.9 Å². The molecule has 0 heterocycles. The molecule has 4 heteroatoms. The second-order valence-corrected chi connectivity index (χ2v) is 5.71. The number of hydrogen-bond donors (Lipinski definition) is 0. The molecule has 0 fully saturated rings. The standard InChI is InChI=1S/C16H24O4/c1-6-19-15(18)20-11(2)7-8-13-12(3)14(17)9-10-16(13,4)5/h7-8,11H,6,9-10H2,1-5H3. The van der Waals surface area contributed by atoms with Gasteiger partial charge in [-0.15, -0.1) is 0 Å². The Morgan fingerprint density at radius 2 is 2.10 bits per heavy atom. The van der Waals surface area contributed by atoms with Gasteiger partial charge in [0.1, 0.15) is 6.10 Å². The van der Waals surface area contributed by atoms with Crippen molar-refractivity contribution in [3.05, 3.63) is 23.3 Å². The summed E-state index contributed by atoms with van der Waals surface area (Å²) >= 11 is 0. The molecule has 0 saturated carbocycles. The Morgan fingerprint density at radius 3 is 2.70 bits per heavy atom. The number of allylic oxidation sites excluding steroid dienone is 3. The third kappa shape index (κ3) is 4.22. The molecule has 0 spiro atoms. The quantitative estimate of drug-likeness (QED) is 0.735. The second-order valence-electron chi connectivity index (χ2n) is 5.71. The predicted molar refractivity (Wildman–Crippen MR) is 77.4 cm³/mol. The van der Waals surface area contributed by atoms with E-state index in [2.05, 4.69) is 13.8 Å². The van der Waals surface area contributed by atoms with Gasteiger partial charge in [-0.2, -0.15) is 0 Å². The van der Waals surface area contributed by atoms with E-state index < -0.39 is 6.16 Å². The molecule has 4 nitrogen and oxygen atoms in total. The molecule has 0 radical (unpaired) electrons. The molecule has 1 aliphatic rings. The van der Waals surface area contributed by atoms with Gasteiger partial charge in [0.25, 0.3) is 0 Å². The highest BCUT2D eigenvalue weighted by atomic mass is 16.7. The maximum atomic E-state index is 11.8. The molecule has 0 amide bonds. The maximum absolute atomic E-state index is 11.8. The number of hydrogen-bond acceptors (Lipinski definition) is 4. The van der Waals surface area contributed by atoms with Crippen LogP contribution in [0.5, 0.6) is 0 Å². The summed E-state index contributed by atoms with van der Waals surface area (Å²) in [5, 5.41) is 0. The highest BCUT2D eigenvalue weighted by Gasteiger charge is 2.30. The molecule has 0 aromatic carbocycles. The van der Waals surface area contributed by atoms with Crippen LogP contribution in [0.4, 0.5) is 4.79 Å². The first-order valence-corrected chi connectivity index (χ1v) is 7.04. The van der Waals surface area contributed by atoms with Crippen LogP contribution in [-0.4, -0.2) is 24.6 Å². The SMILES string of the molecule is CCOC(=O)OC(C)C=CC1=C(C)C(=O)CCC1(C)C. The molecule has 1 aliphatic carbocycles. The van der Waals surface area contributed by atoms with Gasteiger partial charge in [-0.1, -0.05) is 19.9 Å². The maximum Gasteiger partial charge on any atom is 0.508 e. The number of carbonyl (C=O) groups excluding carboxylic acids is 2. The molecule has 0 N–H and O–H groups in total. The zero-order valence-electron chi connectivity index (χ0n) is 13.0. The molecular weight excluding hydrogens is 256 g/mol. The number of ether oxygens (including phenoxy) is 2. The van der Waals surface area contributed by atoms with Gasteiger partial charge in [-0.05, 0) is 49.8 Å². The van der Waals surface area contributed by atoms with E-state index in [1.807, 2.05) is 13.0 Å². The van der Waals surface area contributed by atoms with E-state index in [0.29, 0.717) is 13.0 Å². The fraction of sp³-hybridized carbons (Fsp3) is 0.625. The van der Waals surface area contributed by atoms with Gasteiger partial charge in [0.2, 0.25) is 0 Å². The lowest BCUT2D eigenvalue weighted by Crippen LogP contribution is -2.24. The zero-order chi connectivity index (χ0) is 15.3. The molecule has 1 rings (SSSR count). The average Bonchev–Trinajstić information content (AvgIpc) is 2.34. The Bertz CT molecular complexity index is 443. The van der Waals surface area contributed by atoms with E-state index in [-0.39, 0.29) is 17.3 Å². The van der Waals surface area contributed by atoms with Gasteiger partial charge in [-0.3, -0.25) is 4.79 Å². The molecular formula is C16H24O4. The smallest absolute Gasteiger partial charge is 0.435 e. The van der Waals surface area contributed by atoms with E-state index in [0.717, 1.165) is 17.6 Å². The van der Waals surface area contributed by atoms with E-state index in [1.54, 1.807) is 19.9 Å². The minimum absolute atomic E-state index is 0.0296. The van der Waals surface area contributed by atoms with Crippen LogP contribution in [0.2, 0.25) is 0 Å². The summed E-state index contributed by atoms with van der Waals surface area (Å²) in [4.78, 5) is 23.0. The van der Waals surface area contributed by atoms with Gasteiger partial charge in [0, 0.05) is 6.42 Å². The first-order chi connectivity index (χ1) is 9.27. The first-order valence-electron chi connectivity index (χ1n) is 7.04. The molecule has 1 unspecified atom stereocenters. The van der Waals surface area contributed by atoms with Crippen molar-refractivity contribution in [3.63, 3.8) is 0 Å². The summed E-state index contributed by atoms with van der Waals surface area (Å²) < 4.78 is 9.78. The lowest BCUT2D eigenvalue weighted by molar-refractivity contribution is -0.116. The van der Waals surface area contributed by atoms with Crippen molar-refractivity contribution in [1.82, 2.24) is 0 Å². The highest BCUT2D eigenvalue weighted by molar-refractivity contribution is 5.97. The third-order valence-corrected chi connectivity index (χ3v) is 3.61. The Balaban J connectivity index is 2.79. The normalized spacial score (nSPS) is 20.1. The van der Waals surface area contributed by atoms with Gasteiger partial charge < -0.3 is 9.47 Å². The third-order valence-electron chi connectivity index (χ3n) is 3.61. The van der Waals surface area contributed by atoms with Crippen molar-refractivity contribution in [2.24, 2.45) is 5.41 Å². The van der Waals surface area contributed by atoms with Crippen molar-refractivity contribution in [2.45, 2.75) is 53.6 Å². The topological polar surface area (TPSA) is 52.6 Å². The number of rotatable bonds is 4. The molecule has 20 heavy (non-hydrogen) atoms. The molecule has 0 saturated heterocycles. The fourth-order valence-corrected chi connectivity index (χ4v) is 2.33. The first kappa shape index (κ1) is 16.5. The Labute approximate surface area is 120 Å². The van der Waals surface area contributed by atoms with Crippen LogP contribution < -0.4 is 0 Å². The molecule has 112 valence electrons. The zero-order valence-corrected chi connectivity index (χ0v) is 13.0. The van der Waals surface area contributed by atoms with E-state index >= 15 is 0 Å². The van der Waals surface area contributed by atoms with Crippen LogP contribution in [-0.2, 0) is 14.3 Å². The average molecular weight is 280 g/mol. The van der Waals surface area contributed by atoms with E-state index in [9.17, 15) is 9.59 Å². The summed E-state index contributed by atoms with van der Waals surface area (Å²) in [6.07, 6.45) is 4.07. The number of carbonyl (C=O) groups is 2. The lowest BCUT2D eigenvalue weighted by Gasteiger charge is -2.32. The van der Waals surface area contributed by atoms with E-state index in [1.165, 1.54) is 0 Å². The van der Waals surface area contributed by atoms with Gasteiger partial charge in [-0.25, -0.2) is 4.79 Å². The van der Waals surface area contributed by atoms with Crippen LogP contribution in [0.25, 0.3) is 0 Å². The molecule has 0 bridgehead atoms. The Morgan fingerprint density at radius 1 is 1.45 bits per heavy atom. The van der Waals surface area contributed by atoms with Crippen LogP contribution in [0.15, 0.2) is 23.3 Å². The minimum atomic E-state index is -0.672. The van der Waals surface area contributed by atoms with Gasteiger partial charge >= 0.3 is 6.16 Å². The Kier molecular flexibility index (Phi) is 5.54. The summed E-state index contributed by atoms with van der Waals surface area (Å²) in [5.74, 6) is 0.197. The number of Topliss-reactive ketones (excluding diaryl/α,β-unsaturated/α-hetero) is 1. The summed E-state index contributed by atoms with van der Waals surface area (Å²) in [5.41, 5.74) is 1.80. The van der Waals surface area contributed by atoms with Crippen LogP contribution in [0, 0.1) is 5.41 Å².